The Morgan fingerprint density at radius 3 is 2.71 bits per heavy atom. The number of carbonyl (C=O) groups excluding carboxylic acids is 1. The van der Waals surface area contributed by atoms with Crippen molar-refractivity contribution < 1.29 is 4.79 Å². The molecule has 1 aliphatic heterocycles. The van der Waals surface area contributed by atoms with E-state index in [-0.39, 0.29) is 17.4 Å². The normalized spacial score (nSPS) is 18.2. The molecule has 1 N–H and O–H groups in total. The SMILES string of the molecule is O=C1CC(CS)CN1c1nc(-c2ccccc2)cc(=O)[nH]1. The maximum Gasteiger partial charge on any atom is 0.252 e. The molecule has 0 spiro atoms. The molecule has 5 nitrogen and oxygen atoms in total. The first-order valence-corrected chi connectivity index (χ1v) is 7.38. The van der Waals surface area contributed by atoms with Gasteiger partial charge in [-0.2, -0.15) is 12.6 Å². The number of benzene rings is 1. The Kier molecular flexibility index (Phi) is 3.79. The molecule has 0 bridgehead atoms. The zero-order chi connectivity index (χ0) is 14.8. The van der Waals surface area contributed by atoms with Gasteiger partial charge in [0, 0.05) is 24.6 Å². The monoisotopic (exact) mass is 301 g/mol. The maximum absolute atomic E-state index is 12.0. The Bertz CT molecular complexity index is 714. The van der Waals surface area contributed by atoms with Gasteiger partial charge in [0.2, 0.25) is 11.9 Å². The number of rotatable bonds is 3. The van der Waals surface area contributed by atoms with E-state index in [9.17, 15) is 9.59 Å². The standard InChI is InChI=1S/C15H15N3O2S/c19-13-7-12(11-4-2-1-3-5-11)16-15(17-13)18-8-10(9-21)6-14(18)20/h1-5,7,10,21H,6,8-9H2,(H,16,17,19). The summed E-state index contributed by atoms with van der Waals surface area (Å²) in [5.41, 5.74) is 1.15. The number of hydrogen-bond acceptors (Lipinski definition) is 4. The van der Waals surface area contributed by atoms with Crippen LogP contribution >= 0.6 is 12.6 Å². The van der Waals surface area contributed by atoms with Gasteiger partial charge in [0.15, 0.2) is 0 Å². The molecule has 0 saturated carbocycles. The predicted octanol–water partition coefficient (Wildman–Crippen LogP) is 1.72. The lowest BCUT2D eigenvalue weighted by Gasteiger charge is -2.15. The van der Waals surface area contributed by atoms with Crippen molar-refractivity contribution in [1.29, 1.82) is 0 Å². The molecule has 3 rings (SSSR count). The highest BCUT2D eigenvalue weighted by Crippen LogP contribution is 2.24. The summed E-state index contributed by atoms with van der Waals surface area (Å²) in [5, 5.41) is 0. The van der Waals surface area contributed by atoms with Crippen molar-refractivity contribution in [3.63, 3.8) is 0 Å². The van der Waals surface area contributed by atoms with Crippen molar-refractivity contribution in [3.8, 4) is 11.3 Å². The molecule has 0 radical (unpaired) electrons. The van der Waals surface area contributed by atoms with E-state index >= 15 is 0 Å². The first-order valence-electron chi connectivity index (χ1n) is 6.75. The Morgan fingerprint density at radius 1 is 1.29 bits per heavy atom. The number of H-pyrrole nitrogens is 1. The average Bonchev–Trinajstić information content (AvgIpc) is 2.89. The van der Waals surface area contributed by atoms with Gasteiger partial charge in [0.05, 0.1) is 5.69 Å². The predicted molar refractivity (Wildman–Crippen MR) is 84.6 cm³/mol. The van der Waals surface area contributed by atoms with Crippen LogP contribution in [0.1, 0.15) is 6.42 Å². The van der Waals surface area contributed by atoms with Crippen molar-refractivity contribution in [2.75, 3.05) is 17.2 Å². The van der Waals surface area contributed by atoms with Gasteiger partial charge in [-0.25, -0.2) is 4.98 Å². The lowest BCUT2D eigenvalue weighted by Crippen LogP contribution is -2.29. The molecule has 6 heteroatoms. The Hall–Kier alpha value is -2.08. The van der Waals surface area contributed by atoms with Gasteiger partial charge in [-0.1, -0.05) is 30.3 Å². The minimum atomic E-state index is -0.263. The van der Waals surface area contributed by atoms with Crippen LogP contribution in [0.2, 0.25) is 0 Å². The summed E-state index contributed by atoms with van der Waals surface area (Å²) >= 11 is 4.24. The van der Waals surface area contributed by atoms with Crippen LogP contribution in [0.3, 0.4) is 0 Å². The highest BCUT2D eigenvalue weighted by Gasteiger charge is 2.31. The lowest BCUT2D eigenvalue weighted by molar-refractivity contribution is -0.117. The minimum Gasteiger partial charge on any atom is -0.292 e. The second-order valence-electron chi connectivity index (χ2n) is 5.08. The summed E-state index contributed by atoms with van der Waals surface area (Å²) in [5.74, 6) is 1.13. The molecular formula is C15H15N3O2S. The van der Waals surface area contributed by atoms with Crippen LogP contribution in [-0.4, -0.2) is 28.2 Å². The smallest absolute Gasteiger partial charge is 0.252 e. The fourth-order valence-electron chi connectivity index (χ4n) is 2.44. The average molecular weight is 301 g/mol. The number of aromatic nitrogens is 2. The van der Waals surface area contributed by atoms with Gasteiger partial charge in [-0.05, 0) is 11.7 Å². The largest absolute Gasteiger partial charge is 0.292 e. The quantitative estimate of drug-likeness (QED) is 0.848. The Morgan fingerprint density at radius 2 is 2.05 bits per heavy atom. The maximum atomic E-state index is 12.0. The summed E-state index contributed by atoms with van der Waals surface area (Å²) < 4.78 is 0. The highest BCUT2D eigenvalue weighted by molar-refractivity contribution is 7.80. The molecule has 0 aliphatic carbocycles. The summed E-state index contributed by atoms with van der Waals surface area (Å²) in [4.78, 5) is 32.5. The number of amides is 1. The third-order valence-electron chi connectivity index (χ3n) is 3.52. The highest BCUT2D eigenvalue weighted by atomic mass is 32.1. The lowest BCUT2D eigenvalue weighted by atomic mass is 10.1. The topological polar surface area (TPSA) is 66.1 Å². The summed E-state index contributed by atoms with van der Waals surface area (Å²) in [7, 11) is 0. The molecule has 1 aliphatic rings. The van der Waals surface area contributed by atoms with Crippen LogP contribution in [0, 0.1) is 5.92 Å². The van der Waals surface area contributed by atoms with E-state index in [1.807, 2.05) is 30.3 Å². The van der Waals surface area contributed by atoms with Crippen molar-refractivity contribution in [2.45, 2.75) is 6.42 Å². The molecule has 108 valence electrons. The van der Waals surface area contributed by atoms with Crippen LogP contribution in [-0.2, 0) is 4.79 Å². The van der Waals surface area contributed by atoms with E-state index < -0.39 is 0 Å². The van der Waals surface area contributed by atoms with Gasteiger partial charge in [-0.15, -0.1) is 0 Å². The Balaban J connectivity index is 1.99. The molecule has 2 heterocycles. The van der Waals surface area contributed by atoms with E-state index in [0.717, 1.165) is 5.56 Å². The number of nitrogens with one attached hydrogen (secondary N) is 1. The molecule has 1 amide bonds. The second kappa shape index (κ2) is 5.73. The summed E-state index contributed by atoms with van der Waals surface area (Å²) in [6, 6.07) is 10.9. The van der Waals surface area contributed by atoms with Crippen molar-refractivity contribution in [1.82, 2.24) is 9.97 Å². The van der Waals surface area contributed by atoms with E-state index in [1.165, 1.54) is 11.0 Å². The second-order valence-corrected chi connectivity index (χ2v) is 5.44. The third kappa shape index (κ3) is 2.85. The van der Waals surface area contributed by atoms with Gasteiger partial charge in [0.1, 0.15) is 0 Å². The molecule has 21 heavy (non-hydrogen) atoms. The summed E-state index contributed by atoms with van der Waals surface area (Å²) in [6.45, 7) is 0.545. The molecule has 1 aromatic carbocycles. The van der Waals surface area contributed by atoms with Crippen molar-refractivity contribution in [3.05, 3.63) is 46.8 Å². The van der Waals surface area contributed by atoms with E-state index in [2.05, 4.69) is 22.6 Å². The zero-order valence-corrected chi connectivity index (χ0v) is 12.2. The third-order valence-corrected chi connectivity index (χ3v) is 4.03. The number of carbonyl (C=O) groups is 1. The molecule has 1 fully saturated rings. The van der Waals surface area contributed by atoms with Crippen LogP contribution in [0.25, 0.3) is 11.3 Å². The molecule has 2 aromatic rings. The zero-order valence-electron chi connectivity index (χ0n) is 11.3. The van der Waals surface area contributed by atoms with Crippen LogP contribution in [0.5, 0.6) is 0 Å². The first kappa shape index (κ1) is 13.9. The van der Waals surface area contributed by atoms with Crippen LogP contribution < -0.4 is 10.5 Å². The molecular weight excluding hydrogens is 286 g/mol. The molecule has 1 saturated heterocycles. The van der Waals surface area contributed by atoms with E-state index in [1.54, 1.807) is 0 Å². The number of anilines is 1. The Labute approximate surface area is 127 Å². The number of nitrogens with zero attached hydrogens (tertiary/aromatic N) is 2. The molecule has 1 atom stereocenters. The molecule has 1 aromatic heterocycles. The van der Waals surface area contributed by atoms with Gasteiger partial charge in [-0.3, -0.25) is 19.5 Å². The summed E-state index contributed by atoms with van der Waals surface area (Å²) in [6.07, 6.45) is 0.447. The van der Waals surface area contributed by atoms with Gasteiger partial charge >= 0.3 is 0 Å². The van der Waals surface area contributed by atoms with Gasteiger partial charge in [0.25, 0.3) is 5.56 Å². The minimum absolute atomic E-state index is 0.0255. The first-order chi connectivity index (χ1) is 10.2. The van der Waals surface area contributed by atoms with Crippen molar-refractivity contribution >= 4 is 24.5 Å². The van der Waals surface area contributed by atoms with Crippen molar-refractivity contribution in [2.24, 2.45) is 5.92 Å². The number of aromatic amines is 1. The fourth-order valence-corrected chi connectivity index (χ4v) is 2.68. The van der Waals surface area contributed by atoms with Crippen LogP contribution in [0.15, 0.2) is 41.2 Å². The van der Waals surface area contributed by atoms with Gasteiger partial charge < -0.3 is 0 Å². The number of hydrogen-bond donors (Lipinski definition) is 2. The molecule has 1 unspecified atom stereocenters. The van der Waals surface area contributed by atoms with E-state index in [4.69, 9.17) is 0 Å². The van der Waals surface area contributed by atoms with Crippen LogP contribution in [0.4, 0.5) is 5.95 Å². The fraction of sp³-hybridized carbons (Fsp3) is 0.267. The van der Waals surface area contributed by atoms with E-state index in [0.29, 0.717) is 30.4 Å². The number of thiol groups is 1.